The summed E-state index contributed by atoms with van der Waals surface area (Å²) < 4.78 is 0. The first-order chi connectivity index (χ1) is 17.2. The van der Waals surface area contributed by atoms with E-state index in [0.29, 0.717) is 13.1 Å². The fraction of sp³-hybridized carbons (Fsp3) is 0.625. The molecule has 0 fully saturated rings. The number of likely N-dealkylation sites (N-methyl/N-ethyl adjacent to an activating group) is 2. The van der Waals surface area contributed by atoms with E-state index in [1.165, 1.54) is 0 Å². The van der Waals surface area contributed by atoms with Crippen molar-refractivity contribution in [3.05, 3.63) is 57.6 Å². The summed E-state index contributed by atoms with van der Waals surface area (Å²) in [5.41, 5.74) is 4.16. The summed E-state index contributed by atoms with van der Waals surface area (Å²) in [5, 5.41) is 45.1. The fourth-order valence-electron chi connectivity index (χ4n) is 3.78. The molecule has 0 atom stereocenters. The second-order valence-electron chi connectivity index (χ2n) is 12.1. The Bertz CT molecular complexity index is 890. The van der Waals surface area contributed by atoms with Gasteiger partial charge < -0.3 is 20.4 Å². The van der Waals surface area contributed by atoms with E-state index >= 15 is 0 Å². The molecule has 0 bridgehead atoms. The van der Waals surface area contributed by atoms with E-state index < -0.39 is 11.2 Å². The summed E-state index contributed by atoms with van der Waals surface area (Å²) in [4.78, 5) is 4.61. The third-order valence-electron chi connectivity index (χ3n) is 5.41. The van der Waals surface area contributed by atoms with Crippen molar-refractivity contribution in [2.24, 2.45) is 0 Å². The summed E-state index contributed by atoms with van der Waals surface area (Å²) in [6.45, 7) is 26.8. The van der Waals surface area contributed by atoms with Crippen molar-refractivity contribution in [2.75, 3.05) is 26.2 Å². The van der Waals surface area contributed by atoms with Crippen LogP contribution in [-0.4, -0.2) is 47.2 Å². The Morgan fingerprint density at radius 2 is 0.846 bits per heavy atom. The van der Waals surface area contributed by atoms with Crippen LogP contribution in [0.3, 0.4) is 0 Å². The monoisotopic (exact) mass is 576 g/mol. The van der Waals surface area contributed by atoms with Crippen LogP contribution in [0, 0.1) is 27.7 Å². The van der Waals surface area contributed by atoms with Gasteiger partial charge in [-0.25, -0.2) is 0 Å². The van der Waals surface area contributed by atoms with E-state index in [1.807, 2.05) is 52.0 Å². The summed E-state index contributed by atoms with van der Waals surface area (Å²) in [6.07, 6.45) is 0. The Balaban J connectivity index is 0. The molecule has 0 aliphatic heterocycles. The fourth-order valence-corrected chi connectivity index (χ4v) is 3.78. The van der Waals surface area contributed by atoms with E-state index in [1.54, 1.807) is 41.5 Å². The van der Waals surface area contributed by atoms with Crippen LogP contribution < -0.4 is 20.4 Å². The minimum atomic E-state index is -0.750. The Hall–Kier alpha value is -1.41. The normalized spacial score (nSPS) is 11.4. The van der Waals surface area contributed by atoms with Gasteiger partial charge in [0.05, 0.1) is 0 Å². The van der Waals surface area contributed by atoms with Gasteiger partial charge >= 0.3 is 21.7 Å². The van der Waals surface area contributed by atoms with Crippen molar-refractivity contribution in [1.29, 1.82) is 0 Å². The zero-order chi connectivity index (χ0) is 29.8. The Kier molecular flexibility index (Phi) is 18.5. The van der Waals surface area contributed by atoms with E-state index in [4.69, 9.17) is 0 Å². The maximum absolute atomic E-state index is 12.4. The van der Waals surface area contributed by atoms with Crippen molar-refractivity contribution in [2.45, 2.75) is 107 Å². The quantitative estimate of drug-likeness (QED) is 0.423. The Morgan fingerprint density at radius 1 is 0.590 bits per heavy atom. The number of nitrogens with zero attached hydrogens (tertiary/aromatic N) is 2. The maximum Gasteiger partial charge on any atom is 4.00 e. The maximum atomic E-state index is 12.4. The van der Waals surface area contributed by atoms with Gasteiger partial charge in [-0.1, -0.05) is 102 Å². The molecule has 0 heterocycles. The average molecular weight is 577 g/mol. The van der Waals surface area contributed by atoms with Crippen molar-refractivity contribution in [1.82, 2.24) is 9.80 Å². The molecule has 0 spiro atoms. The molecule has 7 heteroatoms. The van der Waals surface area contributed by atoms with Gasteiger partial charge in [-0.3, -0.25) is 9.80 Å². The molecule has 2 aromatic carbocycles. The van der Waals surface area contributed by atoms with E-state index in [0.717, 1.165) is 59.6 Å². The SMILES string of the molecule is CC(C)(C)[O-].CC(C)(C)[O-].CCN(CCN(CC)Cc1cc(C)cc(C)c1[O-])Cc1cc(C)cc(C)c1[O-].[Ti+4]. The van der Waals surface area contributed by atoms with Crippen LogP contribution in [0.2, 0.25) is 0 Å². The number of benzene rings is 2. The molecular weight excluding hydrogens is 524 g/mol. The molecule has 0 amide bonds. The standard InChI is InChI=1S/C24H36N2O2.2C4H9O.Ti/c1-7-25(15-21-13-17(3)11-19(5)23(21)27)9-10-26(8-2)16-22-14-18(4)12-20(6)24(22)28;2*1-4(2,3)5;/h11-14,27-28H,7-10,15-16H2,1-6H3;2*1-3H3;/q;2*-1;+4/p-2. The van der Waals surface area contributed by atoms with Crippen molar-refractivity contribution in [3.63, 3.8) is 0 Å². The molecule has 218 valence electrons. The zero-order valence-electron chi connectivity index (χ0n) is 26.6. The first-order valence-electron chi connectivity index (χ1n) is 13.6. The third-order valence-corrected chi connectivity index (χ3v) is 5.41. The van der Waals surface area contributed by atoms with Gasteiger partial charge in [0.15, 0.2) is 0 Å². The Morgan fingerprint density at radius 3 is 1.08 bits per heavy atom. The van der Waals surface area contributed by atoms with Gasteiger partial charge in [-0.2, -0.15) is 0 Å². The molecule has 39 heavy (non-hydrogen) atoms. The van der Waals surface area contributed by atoms with Crippen molar-refractivity contribution >= 4 is 0 Å². The molecule has 2 aromatic rings. The molecule has 0 aliphatic carbocycles. The molecule has 0 radical (unpaired) electrons. The van der Waals surface area contributed by atoms with Crippen LogP contribution >= 0.6 is 0 Å². The number of hydrogen-bond acceptors (Lipinski definition) is 6. The summed E-state index contributed by atoms with van der Waals surface area (Å²) in [7, 11) is 0. The first-order valence-corrected chi connectivity index (χ1v) is 13.6. The minimum absolute atomic E-state index is 0. The smallest absolute Gasteiger partial charge is 0.872 e. The van der Waals surface area contributed by atoms with Crippen LogP contribution in [-0.2, 0) is 34.8 Å². The largest absolute Gasteiger partial charge is 4.00 e. The van der Waals surface area contributed by atoms with Gasteiger partial charge in [0.25, 0.3) is 0 Å². The minimum Gasteiger partial charge on any atom is -0.872 e. The number of hydrogen-bond donors (Lipinski definition) is 0. The Labute approximate surface area is 254 Å². The molecular formula is C32H52N2O4Ti. The molecule has 0 aliphatic rings. The van der Waals surface area contributed by atoms with Gasteiger partial charge in [-0.05, 0) is 51.9 Å². The van der Waals surface area contributed by atoms with Crippen molar-refractivity contribution < 1.29 is 42.1 Å². The van der Waals surface area contributed by atoms with Crippen LogP contribution in [0.15, 0.2) is 24.3 Å². The molecule has 6 nitrogen and oxygen atoms in total. The topological polar surface area (TPSA) is 98.7 Å². The van der Waals surface area contributed by atoms with Crippen LogP contribution in [0.25, 0.3) is 0 Å². The third kappa shape index (κ3) is 19.3. The van der Waals surface area contributed by atoms with Gasteiger partial charge in [0, 0.05) is 26.2 Å². The molecule has 2 rings (SSSR count). The predicted molar refractivity (Wildman–Crippen MR) is 152 cm³/mol. The van der Waals surface area contributed by atoms with E-state index in [9.17, 15) is 20.4 Å². The molecule has 0 aromatic heterocycles. The van der Waals surface area contributed by atoms with Crippen LogP contribution in [0.4, 0.5) is 0 Å². The van der Waals surface area contributed by atoms with Gasteiger partial charge in [0.1, 0.15) is 0 Å². The summed E-state index contributed by atoms with van der Waals surface area (Å²) in [6, 6.07) is 7.92. The molecule has 0 N–H and O–H groups in total. The number of rotatable bonds is 9. The second kappa shape index (κ2) is 18.1. The number of aryl methyl sites for hydroxylation is 4. The van der Waals surface area contributed by atoms with E-state index in [-0.39, 0.29) is 33.2 Å². The summed E-state index contributed by atoms with van der Waals surface area (Å²) in [5.74, 6) is 0.310. The van der Waals surface area contributed by atoms with Gasteiger partial charge in [-0.15, -0.1) is 22.7 Å². The van der Waals surface area contributed by atoms with Crippen LogP contribution in [0.1, 0.15) is 88.8 Å². The van der Waals surface area contributed by atoms with Gasteiger partial charge in [0.2, 0.25) is 0 Å². The molecule has 0 unspecified atom stereocenters. The summed E-state index contributed by atoms with van der Waals surface area (Å²) >= 11 is 0. The predicted octanol–water partition coefficient (Wildman–Crippen LogP) is 3.70. The van der Waals surface area contributed by atoms with Crippen LogP contribution in [0.5, 0.6) is 11.5 Å². The first kappa shape index (κ1) is 39.7. The second-order valence-corrected chi connectivity index (χ2v) is 12.1. The average Bonchev–Trinajstić information content (AvgIpc) is 2.74. The zero-order valence-corrected chi connectivity index (χ0v) is 28.1. The van der Waals surface area contributed by atoms with E-state index in [2.05, 4.69) is 23.6 Å². The molecule has 0 saturated heterocycles. The molecule has 0 saturated carbocycles. The van der Waals surface area contributed by atoms with Crippen molar-refractivity contribution in [3.8, 4) is 11.5 Å².